The van der Waals surface area contributed by atoms with Crippen molar-refractivity contribution in [2.75, 3.05) is 6.54 Å². The largest absolute Gasteiger partial charge is 0.573 e. The summed E-state index contributed by atoms with van der Waals surface area (Å²) in [5.74, 6) is -0.576. The van der Waals surface area contributed by atoms with E-state index in [0.717, 1.165) is 18.4 Å². The average Bonchev–Trinajstić information content (AvgIpc) is 2.99. The molecule has 1 aliphatic rings. The van der Waals surface area contributed by atoms with Crippen LogP contribution in [0.1, 0.15) is 30.4 Å². The Morgan fingerprint density at radius 1 is 1.10 bits per heavy atom. The smallest absolute Gasteiger partial charge is 0.406 e. The van der Waals surface area contributed by atoms with Gasteiger partial charge in [0, 0.05) is 25.6 Å². The SMILES string of the molecule is O=C1CCC(CCNCc2ccc(F)cc2)N1Cc1cccc(OC(F)(F)F)c1. The molecule has 1 saturated heterocycles. The lowest BCUT2D eigenvalue weighted by Crippen LogP contribution is -2.34. The van der Waals surface area contributed by atoms with Crippen molar-refractivity contribution in [2.45, 2.75) is 44.8 Å². The summed E-state index contributed by atoms with van der Waals surface area (Å²) >= 11 is 0. The molecule has 0 aromatic heterocycles. The van der Waals surface area contributed by atoms with E-state index in [1.54, 1.807) is 23.1 Å². The van der Waals surface area contributed by atoms with Gasteiger partial charge in [-0.05, 0) is 54.8 Å². The molecule has 1 fully saturated rings. The molecule has 1 atom stereocenters. The number of carbonyl (C=O) groups excluding carboxylic acids is 1. The lowest BCUT2D eigenvalue weighted by atomic mass is 10.1. The van der Waals surface area contributed by atoms with Crippen LogP contribution in [0.4, 0.5) is 17.6 Å². The summed E-state index contributed by atoms with van der Waals surface area (Å²) in [6.07, 6.45) is -2.87. The Balaban J connectivity index is 1.52. The number of benzene rings is 2. The fraction of sp³-hybridized carbons (Fsp3) is 0.381. The van der Waals surface area contributed by atoms with Gasteiger partial charge in [-0.3, -0.25) is 4.79 Å². The van der Waals surface area contributed by atoms with Gasteiger partial charge in [0.15, 0.2) is 0 Å². The van der Waals surface area contributed by atoms with Gasteiger partial charge in [0.2, 0.25) is 5.91 Å². The van der Waals surface area contributed by atoms with Crippen LogP contribution < -0.4 is 10.1 Å². The Bertz CT molecular complexity index is 824. The molecule has 3 rings (SSSR count). The Morgan fingerprint density at radius 2 is 1.86 bits per heavy atom. The van der Waals surface area contributed by atoms with Gasteiger partial charge in [-0.1, -0.05) is 24.3 Å². The summed E-state index contributed by atoms with van der Waals surface area (Å²) in [5, 5.41) is 3.28. The van der Waals surface area contributed by atoms with Crippen molar-refractivity contribution in [1.82, 2.24) is 10.2 Å². The van der Waals surface area contributed by atoms with Crippen LogP contribution in [0.2, 0.25) is 0 Å². The standard InChI is InChI=1S/C21H22F4N2O2/c22-17-6-4-15(5-7-17)13-26-11-10-18-8-9-20(28)27(18)14-16-2-1-3-19(12-16)29-21(23,24)25/h1-7,12,18,26H,8-11,13-14H2. The van der Waals surface area contributed by atoms with Crippen LogP contribution in [0.15, 0.2) is 48.5 Å². The number of likely N-dealkylation sites (tertiary alicyclic amines) is 1. The zero-order valence-corrected chi connectivity index (χ0v) is 15.7. The molecule has 1 aliphatic heterocycles. The summed E-state index contributed by atoms with van der Waals surface area (Å²) in [7, 11) is 0. The molecule has 0 spiro atoms. The fourth-order valence-corrected chi connectivity index (χ4v) is 3.45. The number of nitrogens with one attached hydrogen (secondary N) is 1. The highest BCUT2D eigenvalue weighted by Crippen LogP contribution is 2.27. The summed E-state index contributed by atoms with van der Waals surface area (Å²) in [6, 6.07) is 12.0. The highest BCUT2D eigenvalue weighted by molar-refractivity contribution is 5.78. The molecule has 0 radical (unpaired) electrons. The van der Waals surface area contributed by atoms with Crippen LogP contribution in [0.5, 0.6) is 5.75 Å². The minimum atomic E-state index is -4.75. The first-order chi connectivity index (χ1) is 13.8. The lowest BCUT2D eigenvalue weighted by molar-refractivity contribution is -0.274. The summed E-state index contributed by atoms with van der Waals surface area (Å²) in [6.45, 7) is 1.51. The fourth-order valence-electron chi connectivity index (χ4n) is 3.45. The molecule has 29 heavy (non-hydrogen) atoms. The van der Waals surface area contributed by atoms with Gasteiger partial charge in [-0.2, -0.15) is 0 Å². The van der Waals surface area contributed by atoms with Gasteiger partial charge >= 0.3 is 6.36 Å². The van der Waals surface area contributed by atoms with E-state index in [2.05, 4.69) is 10.1 Å². The number of hydrogen-bond acceptors (Lipinski definition) is 3. The van der Waals surface area contributed by atoms with Crippen molar-refractivity contribution in [3.63, 3.8) is 0 Å². The molecule has 0 aliphatic carbocycles. The Labute approximate surface area is 166 Å². The maximum atomic E-state index is 12.9. The van der Waals surface area contributed by atoms with Crippen molar-refractivity contribution < 1.29 is 27.1 Å². The molecule has 1 N–H and O–H groups in total. The number of hydrogen-bond donors (Lipinski definition) is 1. The lowest BCUT2D eigenvalue weighted by Gasteiger charge is -2.25. The van der Waals surface area contributed by atoms with E-state index >= 15 is 0 Å². The molecule has 156 valence electrons. The monoisotopic (exact) mass is 410 g/mol. The normalized spacial score (nSPS) is 17.0. The third-order valence-corrected chi connectivity index (χ3v) is 4.83. The van der Waals surface area contributed by atoms with Gasteiger partial charge in [0.25, 0.3) is 0 Å². The number of carbonyl (C=O) groups is 1. The van der Waals surface area contributed by atoms with E-state index in [-0.39, 0.29) is 30.1 Å². The number of halogens is 4. The molecule has 0 bridgehead atoms. The van der Waals surface area contributed by atoms with Crippen LogP contribution in [-0.4, -0.2) is 29.8 Å². The second kappa shape index (κ2) is 9.26. The van der Waals surface area contributed by atoms with Crippen molar-refractivity contribution in [2.24, 2.45) is 0 Å². The third-order valence-electron chi connectivity index (χ3n) is 4.83. The number of rotatable bonds is 8. The van der Waals surface area contributed by atoms with E-state index in [4.69, 9.17) is 0 Å². The molecule has 1 unspecified atom stereocenters. The Morgan fingerprint density at radius 3 is 2.59 bits per heavy atom. The number of nitrogens with zero attached hydrogens (tertiary/aromatic N) is 1. The summed E-state index contributed by atoms with van der Waals surface area (Å²) in [5.41, 5.74) is 1.55. The van der Waals surface area contributed by atoms with Crippen LogP contribution in [0.25, 0.3) is 0 Å². The minimum absolute atomic E-state index is 0.00400. The van der Waals surface area contributed by atoms with Crippen molar-refractivity contribution in [1.29, 1.82) is 0 Å². The first-order valence-corrected chi connectivity index (χ1v) is 9.39. The maximum absolute atomic E-state index is 12.9. The first-order valence-electron chi connectivity index (χ1n) is 9.39. The van der Waals surface area contributed by atoms with E-state index in [0.29, 0.717) is 25.1 Å². The molecule has 2 aromatic rings. The number of amides is 1. The zero-order chi connectivity index (χ0) is 20.9. The average molecular weight is 410 g/mol. The second-order valence-electron chi connectivity index (χ2n) is 7.00. The predicted octanol–water partition coefficient (Wildman–Crippen LogP) is 4.40. The summed E-state index contributed by atoms with van der Waals surface area (Å²) < 4.78 is 54.1. The van der Waals surface area contributed by atoms with Crippen molar-refractivity contribution in [3.8, 4) is 5.75 Å². The van der Waals surface area contributed by atoms with E-state index < -0.39 is 6.36 Å². The van der Waals surface area contributed by atoms with Gasteiger partial charge in [0.05, 0.1) is 0 Å². The van der Waals surface area contributed by atoms with Gasteiger partial charge in [-0.25, -0.2) is 4.39 Å². The molecule has 1 heterocycles. The van der Waals surface area contributed by atoms with Gasteiger partial charge in [0.1, 0.15) is 11.6 Å². The van der Waals surface area contributed by atoms with Gasteiger partial charge in [-0.15, -0.1) is 13.2 Å². The molecule has 0 saturated carbocycles. The quantitative estimate of drug-likeness (QED) is 0.518. The van der Waals surface area contributed by atoms with Gasteiger partial charge < -0.3 is 15.0 Å². The van der Waals surface area contributed by atoms with Crippen LogP contribution in [0, 0.1) is 5.82 Å². The van der Waals surface area contributed by atoms with E-state index in [9.17, 15) is 22.4 Å². The van der Waals surface area contributed by atoms with Crippen molar-refractivity contribution >= 4 is 5.91 Å². The van der Waals surface area contributed by atoms with E-state index in [1.807, 2.05) is 0 Å². The first kappa shape index (κ1) is 21.1. The molecule has 4 nitrogen and oxygen atoms in total. The van der Waals surface area contributed by atoms with Crippen LogP contribution >= 0.6 is 0 Å². The third kappa shape index (κ3) is 6.45. The van der Waals surface area contributed by atoms with Crippen LogP contribution in [0.3, 0.4) is 0 Å². The number of alkyl halides is 3. The molecule has 2 aromatic carbocycles. The van der Waals surface area contributed by atoms with Crippen LogP contribution in [-0.2, 0) is 17.9 Å². The molecule has 1 amide bonds. The highest BCUT2D eigenvalue weighted by atomic mass is 19.4. The molecular formula is C21H22F4N2O2. The predicted molar refractivity (Wildman–Crippen MR) is 99.4 cm³/mol. The number of ether oxygens (including phenoxy) is 1. The molecular weight excluding hydrogens is 388 g/mol. The minimum Gasteiger partial charge on any atom is -0.406 e. The summed E-state index contributed by atoms with van der Waals surface area (Å²) in [4.78, 5) is 14.0. The van der Waals surface area contributed by atoms with E-state index in [1.165, 1.54) is 30.3 Å². The molecule has 8 heteroatoms. The topological polar surface area (TPSA) is 41.6 Å². The second-order valence-corrected chi connectivity index (χ2v) is 7.00. The Kier molecular flexibility index (Phi) is 6.74. The zero-order valence-electron chi connectivity index (χ0n) is 15.7. The van der Waals surface area contributed by atoms with Crippen molar-refractivity contribution in [3.05, 3.63) is 65.5 Å². The highest BCUT2D eigenvalue weighted by Gasteiger charge is 2.32. The maximum Gasteiger partial charge on any atom is 0.573 e. The Hall–Kier alpha value is -2.61.